The van der Waals surface area contributed by atoms with Crippen LogP contribution >= 0.6 is 0 Å². The summed E-state index contributed by atoms with van der Waals surface area (Å²) in [5.41, 5.74) is 1.81. The summed E-state index contributed by atoms with van der Waals surface area (Å²) >= 11 is 0. The van der Waals surface area contributed by atoms with Gasteiger partial charge in [-0.25, -0.2) is 4.98 Å². The van der Waals surface area contributed by atoms with Gasteiger partial charge in [0.05, 0.1) is 28.8 Å². The van der Waals surface area contributed by atoms with Gasteiger partial charge in [0.2, 0.25) is 5.91 Å². The van der Waals surface area contributed by atoms with Crippen LogP contribution in [0.1, 0.15) is 19.8 Å². The molecule has 10 nitrogen and oxygen atoms in total. The molecular weight excluding hydrogens is 498 g/mol. The highest BCUT2D eigenvalue weighted by Crippen LogP contribution is 2.37. The zero-order chi connectivity index (χ0) is 27.8. The van der Waals surface area contributed by atoms with Crippen LogP contribution in [0.3, 0.4) is 0 Å². The lowest BCUT2D eigenvalue weighted by Crippen LogP contribution is -2.38. The first-order chi connectivity index (χ1) is 18.7. The third-order valence-corrected chi connectivity index (χ3v) is 6.95. The Morgan fingerprint density at radius 1 is 1.18 bits per heavy atom. The Hall–Kier alpha value is -4.73. The Kier molecular flexibility index (Phi) is 6.78. The number of para-hydroxylation sites is 1. The predicted molar refractivity (Wildman–Crippen MR) is 148 cm³/mol. The zero-order valence-electron chi connectivity index (χ0n) is 21.9. The maximum absolute atomic E-state index is 13.4. The van der Waals surface area contributed by atoms with E-state index < -0.39 is 17.4 Å². The number of nitrogens with one attached hydrogen (secondary N) is 1. The number of rotatable bonds is 7. The fourth-order valence-electron chi connectivity index (χ4n) is 4.67. The second kappa shape index (κ2) is 10.2. The number of nitrogens with zero attached hydrogens (tertiary/aromatic N) is 4. The highest BCUT2D eigenvalue weighted by Gasteiger charge is 2.27. The van der Waals surface area contributed by atoms with Crippen LogP contribution < -0.4 is 20.5 Å². The van der Waals surface area contributed by atoms with Crippen molar-refractivity contribution in [3.05, 3.63) is 71.9 Å². The fourth-order valence-corrected chi connectivity index (χ4v) is 4.67. The normalized spacial score (nSPS) is 14.3. The van der Waals surface area contributed by atoms with Gasteiger partial charge >= 0.3 is 0 Å². The molecule has 39 heavy (non-hydrogen) atoms. The number of carbonyl (C=O) groups is 3. The molecule has 10 heteroatoms. The monoisotopic (exact) mass is 527 g/mol. The van der Waals surface area contributed by atoms with Crippen LogP contribution in [0.2, 0.25) is 0 Å². The van der Waals surface area contributed by atoms with Gasteiger partial charge in [-0.2, -0.15) is 0 Å². The molecular formula is C29H29N5O5. The van der Waals surface area contributed by atoms with E-state index in [2.05, 4.69) is 23.5 Å². The maximum Gasteiger partial charge on any atom is 0.272 e. The van der Waals surface area contributed by atoms with Crippen molar-refractivity contribution >= 4 is 40.0 Å². The van der Waals surface area contributed by atoms with Crippen molar-refractivity contribution in [2.24, 2.45) is 5.92 Å². The van der Waals surface area contributed by atoms with E-state index in [1.165, 1.54) is 18.2 Å². The standard InChI is InChI=1S/C29H29N5O5/c1-17(28(37)32(4)15-20-8-9-20)31-27(36)18(2)34-16-30-26-22(6-5-7-23(26)29(34)38)21-10-11-24-25(14-21)39-13-12-33(24)19(3)35/h5-7,10-11,14,16,20H,1-2,8-9,12-13,15H2,3-4H3,(H,31,36). The number of hydrogen-bond donors (Lipinski definition) is 1. The van der Waals surface area contributed by atoms with Crippen molar-refractivity contribution < 1.29 is 19.1 Å². The molecule has 1 N–H and O–H groups in total. The Labute approximate surface area is 225 Å². The van der Waals surface area contributed by atoms with Crippen LogP contribution in [0.4, 0.5) is 5.69 Å². The van der Waals surface area contributed by atoms with Crippen molar-refractivity contribution in [3.8, 4) is 16.9 Å². The molecule has 3 aromatic rings. The molecule has 0 atom stereocenters. The van der Waals surface area contributed by atoms with Crippen LogP contribution in [-0.2, 0) is 14.4 Å². The number of likely N-dealkylation sites (N-methyl/N-ethyl adjacent to an activating group) is 1. The highest BCUT2D eigenvalue weighted by atomic mass is 16.5. The molecule has 2 aliphatic rings. The van der Waals surface area contributed by atoms with Crippen molar-refractivity contribution in [1.29, 1.82) is 0 Å². The first-order valence-corrected chi connectivity index (χ1v) is 12.7. The summed E-state index contributed by atoms with van der Waals surface area (Å²) in [6.45, 7) is 10.4. The quantitative estimate of drug-likeness (QED) is 0.473. The summed E-state index contributed by atoms with van der Waals surface area (Å²) in [5, 5.41) is 2.74. The molecule has 1 aliphatic heterocycles. The Morgan fingerprint density at radius 2 is 1.95 bits per heavy atom. The average Bonchev–Trinajstić information content (AvgIpc) is 3.75. The number of ether oxygens (including phenoxy) is 1. The molecule has 2 heterocycles. The largest absolute Gasteiger partial charge is 0.490 e. The third-order valence-electron chi connectivity index (χ3n) is 6.95. The Balaban J connectivity index is 1.40. The fraction of sp³-hybridized carbons (Fsp3) is 0.276. The van der Waals surface area contributed by atoms with E-state index in [0.29, 0.717) is 48.1 Å². The van der Waals surface area contributed by atoms with Gasteiger partial charge < -0.3 is 19.9 Å². The minimum absolute atomic E-state index is 0.0674. The Bertz CT molecular complexity index is 1600. The molecule has 3 amide bonds. The van der Waals surface area contributed by atoms with Crippen LogP contribution in [0, 0.1) is 5.92 Å². The minimum atomic E-state index is -0.727. The lowest BCUT2D eigenvalue weighted by atomic mass is 10.0. The molecule has 1 aromatic heterocycles. The van der Waals surface area contributed by atoms with Crippen molar-refractivity contribution in [1.82, 2.24) is 19.8 Å². The lowest BCUT2D eigenvalue weighted by Gasteiger charge is -2.29. The van der Waals surface area contributed by atoms with Crippen LogP contribution in [-0.4, -0.2) is 58.9 Å². The van der Waals surface area contributed by atoms with E-state index in [9.17, 15) is 19.2 Å². The van der Waals surface area contributed by atoms with E-state index in [-0.39, 0.29) is 22.7 Å². The number of fused-ring (bicyclic) bond motifs is 2. The van der Waals surface area contributed by atoms with Crippen LogP contribution in [0.5, 0.6) is 5.75 Å². The number of anilines is 1. The number of carbonyl (C=O) groups excluding carboxylic acids is 3. The predicted octanol–water partition coefficient (Wildman–Crippen LogP) is 2.78. The van der Waals surface area contributed by atoms with Gasteiger partial charge in [-0.3, -0.25) is 23.7 Å². The summed E-state index contributed by atoms with van der Waals surface area (Å²) in [6.07, 6.45) is 3.42. The molecule has 5 rings (SSSR count). The number of aromatic nitrogens is 2. The molecule has 0 radical (unpaired) electrons. The van der Waals surface area contributed by atoms with Gasteiger partial charge in [-0.05, 0) is 42.5 Å². The van der Waals surface area contributed by atoms with Gasteiger partial charge in [0.15, 0.2) is 0 Å². The molecule has 0 saturated heterocycles. The number of hydrogen-bond acceptors (Lipinski definition) is 6. The second-order valence-corrected chi connectivity index (χ2v) is 9.83. The number of amides is 3. The van der Waals surface area contributed by atoms with Gasteiger partial charge in [0.1, 0.15) is 24.4 Å². The molecule has 0 spiro atoms. The summed E-state index contributed by atoms with van der Waals surface area (Å²) in [5.74, 6) is -0.121. The first-order valence-electron chi connectivity index (χ1n) is 12.7. The van der Waals surface area contributed by atoms with E-state index in [4.69, 9.17) is 4.74 Å². The third kappa shape index (κ3) is 5.05. The first kappa shape index (κ1) is 25.9. The van der Waals surface area contributed by atoms with Crippen molar-refractivity contribution in [2.75, 3.05) is 31.6 Å². The topological polar surface area (TPSA) is 114 Å². The second-order valence-electron chi connectivity index (χ2n) is 9.83. The highest BCUT2D eigenvalue weighted by molar-refractivity contribution is 6.15. The van der Waals surface area contributed by atoms with E-state index in [1.54, 1.807) is 24.1 Å². The Morgan fingerprint density at radius 3 is 2.67 bits per heavy atom. The van der Waals surface area contributed by atoms with Crippen molar-refractivity contribution in [2.45, 2.75) is 19.8 Å². The summed E-state index contributed by atoms with van der Waals surface area (Å²) < 4.78 is 6.84. The van der Waals surface area contributed by atoms with Crippen LogP contribution in [0.15, 0.2) is 66.4 Å². The van der Waals surface area contributed by atoms with E-state index >= 15 is 0 Å². The van der Waals surface area contributed by atoms with Gasteiger partial charge in [-0.1, -0.05) is 31.4 Å². The SMILES string of the molecule is C=C(NC(=O)C(=C)n1cnc2c(-c3ccc4c(c3)OCCN4C(C)=O)cccc2c1=O)C(=O)N(C)CC1CC1. The molecule has 0 unspecified atom stereocenters. The molecule has 2 aromatic carbocycles. The van der Waals surface area contributed by atoms with Crippen LogP contribution in [0.25, 0.3) is 27.7 Å². The molecule has 0 bridgehead atoms. The van der Waals surface area contributed by atoms with Gasteiger partial charge in [0.25, 0.3) is 17.4 Å². The smallest absolute Gasteiger partial charge is 0.272 e. The molecule has 1 aliphatic carbocycles. The van der Waals surface area contributed by atoms with Gasteiger partial charge in [0, 0.05) is 26.1 Å². The average molecular weight is 528 g/mol. The molecule has 200 valence electrons. The lowest BCUT2D eigenvalue weighted by molar-refractivity contribution is -0.128. The summed E-state index contributed by atoms with van der Waals surface area (Å²) in [7, 11) is 1.66. The number of benzene rings is 2. The summed E-state index contributed by atoms with van der Waals surface area (Å²) in [6, 6.07) is 10.7. The van der Waals surface area contributed by atoms with Crippen molar-refractivity contribution in [3.63, 3.8) is 0 Å². The molecule has 1 fully saturated rings. The van der Waals surface area contributed by atoms with E-state index in [0.717, 1.165) is 23.0 Å². The summed E-state index contributed by atoms with van der Waals surface area (Å²) in [4.78, 5) is 58.4. The van der Waals surface area contributed by atoms with Gasteiger partial charge in [-0.15, -0.1) is 0 Å². The molecule has 1 saturated carbocycles. The van der Waals surface area contributed by atoms with E-state index in [1.807, 2.05) is 24.3 Å². The minimum Gasteiger partial charge on any atom is -0.490 e. The zero-order valence-corrected chi connectivity index (χ0v) is 21.9. The maximum atomic E-state index is 13.4.